The van der Waals surface area contributed by atoms with Crippen molar-refractivity contribution in [3.05, 3.63) is 66.2 Å². The van der Waals surface area contributed by atoms with Crippen molar-refractivity contribution >= 4 is 10.8 Å². The van der Waals surface area contributed by atoms with Crippen molar-refractivity contribution in [1.29, 1.82) is 0 Å². The van der Waals surface area contributed by atoms with Gasteiger partial charge < -0.3 is 10.1 Å². The minimum absolute atomic E-state index is 0.0290. The fraction of sp³-hybridized carbons (Fsp3) is 0.176. The highest BCUT2D eigenvalue weighted by Gasteiger charge is 2.17. The molecular weight excluding hydrogens is 262 g/mol. The van der Waals surface area contributed by atoms with E-state index in [0.29, 0.717) is 0 Å². The number of fused-ring (bicyclic) bond motifs is 1. The van der Waals surface area contributed by atoms with Gasteiger partial charge in [0.05, 0.1) is 25.0 Å². The lowest BCUT2D eigenvalue weighted by atomic mass is 10.00. The number of benzene rings is 1. The number of ether oxygens (including phenoxy) is 1. The van der Waals surface area contributed by atoms with E-state index in [-0.39, 0.29) is 6.04 Å². The Balaban J connectivity index is 2.13. The number of nitrogens with zero attached hydrogens (tertiary/aromatic N) is 2. The zero-order valence-corrected chi connectivity index (χ0v) is 12.1. The molecule has 0 aliphatic carbocycles. The fourth-order valence-electron chi connectivity index (χ4n) is 2.54. The number of aromatic nitrogens is 2. The standard InChI is InChI=1S/C17H17N3O/c1-18-16(13-9-14(21-2)11-19-10-13)17-15-6-4-3-5-12(15)7-8-20-17/h3-11,16,18H,1-2H3. The second kappa shape index (κ2) is 5.89. The van der Waals surface area contributed by atoms with E-state index in [1.807, 2.05) is 43.7 Å². The molecule has 1 aromatic carbocycles. The summed E-state index contributed by atoms with van der Waals surface area (Å²) >= 11 is 0. The lowest BCUT2D eigenvalue weighted by molar-refractivity contribution is 0.411. The maximum Gasteiger partial charge on any atom is 0.137 e. The van der Waals surface area contributed by atoms with Gasteiger partial charge in [0.1, 0.15) is 5.75 Å². The van der Waals surface area contributed by atoms with E-state index in [9.17, 15) is 0 Å². The summed E-state index contributed by atoms with van der Waals surface area (Å²) in [5.41, 5.74) is 2.02. The van der Waals surface area contributed by atoms with E-state index >= 15 is 0 Å². The molecule has 3 rings (SSSR count). The van der Waals surface area contributed by atoms with Crippen LogP contribution in [0, 0.1) is 0 Å². The van der Waals surface area contributed by atoms with Crippen LogP contribution < -0.4 is 10.1 Å². The molecule has 3 aromatic rings. The Hall–Kier alpha value is -2.46. The summed E-state index contributed by atoms with van der Waals surface area (Å²) in [6.45, 7) is 0. The van der Waals surface area contributed by atoms with Crippen molar-refractivity contribution in [3.8, 4) is 5.75 Å². The van der Waals surface area contributed by atoms with Gasteiger partial charge in [0, 0.05) is 17.8 Å². The second-order valence-electron chi connectivity index (χ2n) is 4.80. The summed E-state index contributed by atoms with van der Waals surface area (Å²) in [4.78, 5) is 8.82. The normalized spacial score (nSPS) is 12.3. The molecular formula is C17H17N3O. The molecule has 0 saturated heterocycles. The molecule has 2 aromatic heterocycles. The molecule has 4 nitrogen and oxygen atoms in total. The van der Waals surface area contributed by atoms with Crippen LogP contribution in [0.15, 0.2) is 55.0 Å². The van der Waals surface area contributed by atoms with Gasteiger partial charge in [-0.15, -0.1) is 0 Å². The number of nitrogens with one attached hydrogen (secondary N) is 1. The Morgan fingerprint density at radius 1 is 1.14 bits per heavy atom. The maximum atomic E-state index is 5.26. The quantitative estimate of drug-likeness (QED) is 0.797. The summed E-state index contributed by atoms with van der Waals surface area (Å²) in [6.07, 6.45) is 5.38. The minimum Gasteiger partial charge on any atom is -0.495 e. The van der Waals surface area contributed by atoms with Crippen molar-refractivity contribution in [2.24, 2.45) is 0 Å². The van der Waals surface area contributed by atoms with Crippen molar-refractivity contribution < 1.29 is 4.74 Å². The van der Waals surface area contributed by atoms with Gasteiger partial charge in [0.2, 0.25) is 0 Å². The number of hydrogen-bond acceptors (Lipinski definition) is 4. The van der Waals surface area contributed by atoms with E-state index in [1.165, 1.54) is 5.39 Å². The van der Waals surface area contributed by atoms with Crippen molar-refractivity contribution in [2.75, 3.05) is 14.2 Å². The highest BCUT2D eigenvalue weighted by atomic mass is 16.5. The van der Waals surface area contributed by atoms with Gasteiger partial charge in [-0.3, -0.25) is 9.97 Å². The molecule has 0 spiro atoms. The van der Waals surface area contributed by atoms with Crippen LogP contribution in [0.4, 0.5) is 0 Å². The van der Waals surface area contributed by atoms with E-state index in [0.717, 1.165) is 22.4 Å². The molecule has 106 valence electrons. The molecule has 0 bridgehead atoms. The zero-order chi connectivity index (χ0) is 14.7. The van der Waals surface area contributed by atoms with Gasteiger partial charge in [0.15, 0.2) is 0 Å². The zero-order valence-electron chi connectivity index (χ0n) is 12.1. The van der Waals surface area contributed by atoms with Crippen LogP contribution in [0.1, 0.15) is 17.3 Å². The predicted octanol–water partition coefficient (Wildman–Crippen LogP) is 2.95. The molecule has 0 aliphatic heterocycles. The molecule has 0 fully saturated rings. The SMILES string of the molecule is CNC(c1cncc(OC)c1)c1nccc2ccccc12. The first kappa shape index (κ1) is 13.5. The van der Waals surface area contributed by atoms with Crippen molar-refractivity contribution in [3.63, 3.8) is 0 Å². The third-order valence-electron chi connectivity index (χ3n) is 3.57. The molecule has 4 heteroatoms. The van der Waals surface area contributed by atoms with Crippen LogP contribution in [0.5, 0.6) is 5.75 Å². The summed E-state index contributed by atoms with van der Waals surface area (Å²) in [7, 11) is 3.57. The molecule has 0 aliphatic rings. The Morgan fingerprint density at radius 2 is 2.00 bits per heavy atom. The van der Waals surface area contributed by atoms with Crippen LogP contribution >= 0.6 is 0 Å². The largest absolute Gasteiger partial charge is 0.495 e. The summed E-state index contributed by atoms with van der Waals surface area (Å²) < 4.78 is 5.26. The average Bonchev–Trinajstić information content (AvgIpc) is 2.56. The molecule has 0 saturated carbocycles. The van der Waals surface area contributed by atoms with E-state index in [2.05, 4.69) is 27.4 Å². The predicted molar refractivity (Wildman–Crippen MR) is 83.4 cm³/mol. The van der Waals surface area contributed by atoms with E-state index in [4.69, 9.17) is 4.74 Å². The number of pyridine rings is 2. The van der Waals surface area contributed by atoms with Crippen molar-refractivity contribution in [2.45, 2.75) is 6.04 Å². The van der Waals surface area contributed by atoms with E-state index in [1.54, 1.807) is 13.3 Å². The smallest absolute Gasteiger partial charge is 0.137 e. The molecule has 1 atom stereocenters. The Kier molecular flexibility index (Phi) is 3.79. The molecule has 1 unspecified atom stereocenters. The third kappa shape index (κ3) is 2.58. The second-order valence-corrected chi connectivity index (χ2v) is 4.80. The summed E-state index contributed by atoms with van der Waals surface area (Å²) in [6, 6.07) is 12.2. The lowest BCUT2D eigenvalue weighted by Crippen LogP contribution is -2.19. The van der Waals surface area contributed by atoms with Crippen LogP contribution in [0.3, 0.4) is 0 Å². The lowest BCUT2D eigenvalue weighted by Gasteiger charge is -2.18. The first-order valence-electron chi connectivity index (χ1n) is 6.83. The Bertz CT molecular complexity index is 752. The molecule has 2 heterocycles. The highest BCUT2D eigenvalue weighted by molar-refractivity contribution is 5.85. The van der Waals surface area contributed by atoms with Crippen LogP contribution in [-0.4, -0.2) is 24.1 Å². The van der Waals surface area contributed by atoms with Gasteiger partial charge in [0.25, 0.3) is 0 Å². The van der Waals surface area contributed by atoms with Gasteiger partial charge in [-0.2, -0.15) is 0 Å². The topological polar surface area (TPSA) is 47.0 Å². The van der Waals surface area contributed by atoms with Gasteiger partial charge >= 0.3 is 0 Å². The summed E-state index contributed by atoms with van der Waals surface area (Å²) in [5, 5.41) is 5.64. The Morgan fingerprint density at radius 3 is 2.81 bits per heavy atom. The fourth-order valence-corrected chi connectivity index (χ4v) is 2.54. The number of hydrogen-bond donors (Lipinski definition) is 1. The highest BCUT2D eigenvalue weighted by Crippen LogP contribution is 2.27. The van der Waals surface area contributed by atoms with Crippen LogP contribution in [-0.2, 0) is 0 Å². The third-order valence-corrected chi connectivity index (χ3v) is 3.57. The molecule has 21 heavy (non-hydrogen) atoms. The molecule has 1 N–H and O–H groups in total. The van der Waals surface area contributed by atoms with Crippen LogP contribution in [0.25, 0.3) is 10.8 Å². The van der Waals surface area contributed by atoms with Gasteiger partial charge in [-0.1, -0.05) is 24.3 Å². The van der Waals surface area contributed by atoms with Gasteiger partial charge in [-0.25, -0.2) is 0 Å². The van der Waals surface area contributed by atoms with Gasteiger partial charge in [-0.05, 0) is 30.1 Å². The first-order chi connectivity index (χ1) is 10.3. The Labute approximate surface area is 123 Å². The molecule has 0 radical (unpaired) electrons. The van der Waals surface area contributed by atoms with E-state index < -0.39 is 0 Å². The maximum absolute atomic E-state index is 5.26. The monoisotopic (exact) mass is 279 g/mol. The van der Waals surface area contributed by atoms with Crippen LogP contribution in [0.2, 0.25) is 0 Å². The number of rotatable bonds is 4. The van der Waals surface area contributed by atoms with Crippen molar-refractivity contribution in [1.82, 2.24) is 15.3 Å². The first-order valence-corrected chi connectivity index (χ1v) is 6.83. The number of methoxy groups -OCH3 is 1. The minimum atomic E-state index is -0.0290. The average molecular weight is 279 g/mol. The molecule has 0 amide bonds. The summed E-state index contributed by atoms with van der Waals surface area (Å²) in [5.74, 6) is 0.744.